The first-order chi connectivity index (χ1) is 14.5. The summed E-state index contributed by atoms with van der Waals surface area (Å²) in [6, 6.07) is 14.9. The minimum atomic E-state index is -0.410. The van der Waals surface area contributed by atoms with Crippen LogP contribution in [-0.2, 0) is 0 Å². The lowest BCUT2D eigenvalue weighted by Crippen LogP contribution is -2.21. The van der Waals surface area contributed by atoms with E-state index in [1.165, 1.54) is 28.8 Å². The number of halogens is 1. The normalized spacial score (nSPS) is 10.8. The summed E-state index contributed by atoms with van der Waals surface area (Å²) < 4.78 is 22.6. The molecular weight excluding hydrogens is 443 g/mol. The molecule has 0 atom stereocenters. The predicted octanol–water partition coefficient (Wildman–Crippen LogP) is 4.73. The zero-order valence-electron chi connectivity index (χ0n) is 15.5. The highest BCUT2D eigenvalue weighted by molar-refractivity contribution is 7.99. The van der Waals surface area contributed by atoms with Gasteiger partial charge in [-0.3, -0.25) is 13.9 Å². The summed E-state index contributed by atoms with van der Waals surface area (Å²) in [4.78, 5) is 18.0. The van der Waals surface area contributed by atoms with E-state index in [2.05, 4.69) is 4.98 Å². The number of thiazole rings is 1. The highest BCUT2D eigenvalue weighted by Crippen LogP contribution is 2.28. The molecule has 4 aromatic rings. The van der Waals surface area contributed by atoms with E-state index in [4.69, 9.17) is 22.2 Å². The van der Waals surface area contributed by atoms with Crippen LogP contribution in [0.5, 0.6) is 5.75 Å². The van der Waals surface area contributed by atoms with Crippen LogP contribution in [-0.4, -0.2) is 27.0 Å². The maximum absolute atomic E-state index is 13.4. The molecule has 150 valence electrons. The Morgan fingerprint density at radius 1 is 1.23 bits per heavy atom. The summed E-state index contributed by atoms with van der Waals surface area (Å²) in [7, 11) is 1.57. The van der Waals surface area contributed by atoms with Crippen LogP contribution in [0.25, 0.3) is 21.7 Å². The van der Waals surface area contributed by atoms with Crippen molar-refractivity contribution in [2.45, 2.75) is 5.16 Å². The van der Waals surface area contributed by atoms with Crippen molar-refractivity contribution in [2.75, 3.05) is 12.9 Å². The molecule has 0 aliphatic heterocycles. The Morgan fingerprint density at radius 3 is 2.70 bits per heavy atom. The van der Waals surface area contributed by atoms with E-state index in [1.54, 1.807) is 17.7 Å². The zero-order chi connectivity index (χ0) is 21.3. The summed E-state index contributed by atoms with van der Waals surface area (Å²) in [5.41, 5.74) is 1.25. The topological polar surface area (TPSA) is 72.8 Å². The molecule has 0 radical (unpaired) electrons. The third-order valence-electron chi connectivity index (χ3n) is 4.24. The van der Waals surface area contributed by atoms with Crippen molar-refractivity contribution < 1.29 is 9.13 Å². The third-order valence-corrected chi connectivity index (χ3v) is 6.40. The van der Waals surface area contributed by atoms with E-state index in [0.29, 0.717) is 36.6 Å². The van der Waals surface area contributed by atoms with Gasteiger partial charge in [-0.1, -0.05) is 29.2 Å². The van der Waals surface area contributed by atoms with Crippen LogP contribution in [0.3, 0.4) is 0 Å². The Morgan fingerprint density at radius 2 is 2.00 bits per heavy atom. The molecule has 0 saturated heterocycles. The smallest absolute Gasteiger partial charge is 0.278 e. The van der Waals surface area contributed by atoms with Gasteiger partial charge in [-0.2, -0.15) is 5.26 Å². The molecule has 0 unspecified atom stereocenters. The van der Waals surface area contributed by atoms with Crippen molar-refractivity contribution in [1.82, 2.24) is 14.1 Å². The molecular formula is C20H13FN4O2S3. The van der Waals surface area contributed by atoms with Crippen LogP contribution in [0.4, 0.5) is 4.39 Å². The number of nitrogens with zero attached hydrogens (tertiary/aromatic N) is 4. The second-order valence-corrected chi connectivity index (χ2v) is 8.60. The average molecular weight is 457 g/mol. The number of benzene rings is 2. The van der Waals surface area contributed by atoms with Crippen LogP contribution in [0.1, 0.15) is 0 Å². The van der Waals surface area contributed by atoms with Crippen molar-refractivity contribution in [1.29, 1.82) is 5.26 Å². The first kappa shape index (κ1) is 20.3. The average Bonchev–Trinajstić information content (AvgIpc) is 3.09. The standard InChI is InChI=1S/C20H13FN4O2S3/c1-27-15-4-2-3-14(11-15)24-17-16(30-20(24)28)18(26)25(19(23-17)29-10-9-22)13-7-5-12(21)6-8-13/h2-8,11H,10H2,1H3. The minimum Gasteiger partial charge on any atom is -0.497 e. The van der Waals surface area contributed by atoms with E-state index in [-0.39, 0.29) is 11.3 Å². The van der Waals surface area contributed by atoms with Crippen molar-refractivity contribution >= 4 is 45.7 Å². The summed E-state index contributed by atoms with van der Waals surface area (Å²) in [5, 5.41) is 9.36. The Hall–Kier alpha value is -3.00. The van der Waals surface area contributed by atoms with Gasteiger partial charge >= 0.3 is 0 Å². The highest BCUT2D eigenvalue weighted by Gasteiger charge is 2.19. The van der Waals surface area contributed by atoms with Gasteiger partial charge in [0.15, 0.2) is 14.8 Å². The van der Waals surface area contributed by atoms with Gasteiger partial charge in [0.2, 0.25) is 0 Å². The molecule has 0 fully saturated rings. The van der Waals surface area contributed by atoms with Gasteiger partial charge in [-0.15, -0.1) is 0 Å². The van der Waals surface area contributed by atoms with Crippen LogP contribution in [0, 0.1) is 21.1 Å². The van der Waals surface area contributed by atoms with Crippen LogP contribution in [0.2, 0.25) is 0 Å². The molecule has 2 heterocycles. The van der Waals surface area contributed by atoms with Gasteiger partial charge in [0, 0.05) is 6.07 Å². The number of rotatable bonds is 5. The van der Waals surface area contributed by atoms with Crippen molar-refractivity contribution in [3.63, 3.8) is 0 Å². The monoisotopic (exact) mass is 456 g/mol. The Balaban J connectivity index is 2.02. The Kier molecular flexibility index (Phi) is 5.67. The fraction of sp³-hybridized carbons (Fsp3) is 0.100. The first-order valence-corrected chi connectivity index (χ1v) is 10.8. The van der Waals surface area contributed by atoms with E-state index in [0.717, 1.165) is 23.1 Å². The Bertz CT molecular complexity index is 1400. The number of hydrogen-bond acceptors (Lipinski definition) is 7. The molecule has 6 nitrogen and oxygen atoms in total. The number of aromatic nitrogens is 3. The van der Waals surface area contributed by atoms with E-state index >= 15 is 0 Å². The van der Waals surface area contributed by atoms with Crippen LogP contribution < -0.4 is 10.3 Å². The molecule has 4 rings (SSSR count). The van der Waals surface area contributed by atoms with Crippen molar-refractivity contribution in [2.24, 2.45) is 0 Å². The van der Waals surface area contributed by atoms with Gasteiger partial charge < -0.3 is 4.74 Å². The maximum atomic E-state index is 13.4. The summed E-state index contributed by atoms with van der Waals surface area (Å²) in [6.07, 6.45) is 0. The first-order valence-electron chi connectivity index (χ1n) is 8.62. The van der Waals surface area contributed by atoms with Gasteiger partial charge in [0.25, 0.3) is 5.56 Å². The quantitative estimate of drug-likeness (QED) is 0.246. The number of fused-ring (bicyclic) bond motifs is 1. The summed E-state index contributed by atoms with van der Waals surface area (Å²) >= 11 is 7.80. The summed E-state index contributed by atoms with van der Waals surface area (Å²) in [5.74, 6) is 0.336. The van der Waals surface area contributed by atoms with E-state index in [1.807, 2.05) is 24.3 Å². The molecule has 0 aliphatic carbocycles. The second kappa shape index (κ2) is 8.39. The molecule has 0 amide bonds. The molecule has 2 aromatic heterocycles. The maximum Gasteiger partial charge on any atom is 0.278 e. The molecule has 0 bridgehead atoms. The second-order valence-electron chi connectivity index (χ2n) is 6.02. The molecule has 0 saturated carbocycles. The fourth-order valence-electron chi connectivity index (χ4n) is 2.92. The third kappa shape index (κ3) is 3.63. The molecule has 30 heavy (non-hydrogen) atoms. The van der Waals surface area contributed by atoms with Gasteiger partial charge in [-0.05, 0) is 48.6 Å². The predicted molar refractivity (Wildman–Crippen MR) is 118 cm³/mol. The van der Waals surface area contributed by atoms with Crippen molar-refractivity contribution in [3.05, 3.63) is 68.7 Å². The minimum absolute atomic E-state index is 0.100. The summed E-state index contributed by atoms with van der Waals surface area (Å²) in [6.45, 7) is 0. The van der Waals surface area contributed by atoms with Crippen molar-refractivity contribution in [3.8, 4) is 23.2 Å². The lowest BCUT2D eigenvalue weighted by molar-refractivity contribution is 0.414. The van der Waals surface area contributed by atoms with E-state index in [9.17, 15) is 9.18 Å². The Labute approximate surface area is 183 Å². The number of ether oxygens (including phenoxy) is 1. The number of thioether (sulfide) groups is 1. The zero-order valence-corrected chi connectivity index (χ0v) is 18.0. The van der Waals surface area contributed by atoms with Gasteiger partial charge in [0.1, 0.15) is 16.3 Å². The molecule has 0 aliphatic rings. The molecule has 0 N–H and O–H groups in total. The molecule has 10 heteroatoms. The number of hydrogen-bond donors (Lipinski definition) is 0. The number of methoxy groups -OCH3 is 1. The molecule has 2 aromatic carbocycles. The highest BCUT2D eigenvalue weighted by atomic mass is 32.2. The number of nitriles is 1. The van der Waals surface area contributed by atoms with E-state index < -0.39 is 5.82 Å². The van der Waals surface area contributed by atoms with Gasteiger partial charge in [0.05, 0.1) is 30.3 Å². The largest absolute Gasteiger partial charge is 0.497 e. The lowest BCUT2D eigenvalue weighted by atomic mass is 10.3. The lowest BCUT2D eigenvalue weighted by Gasteiger charge is -2.12. The van der Waals surface area contributed by atoms with Crippen LogP contribution in [0.15, 0.2) is 58.5 Å². The van der Waals surface area contributed by atoms with Crippen LogP contribution >= 0.6 is 35.3 Å². The molecule has 0 spiro atoms. The fourth-order valence-corrected chi connectivity index (χ4v) is 4.89. The SMILES string of the molecule is COc1cccc(-n2c(=S)sc3c(=O)n(-c4ccc(F)cc4)c(SCC#N)nc32)c1. The van der Waals surface area contributed by atoms with Gasteiger partial charge in [-0.25, -0.2) is 9.37 Å².